The molecule has 0 aliphatic carbocycles. The number of ether oxygens (including phenoxy) is 1. The second-order valence-electron chi connectivity index (χ2n) is 5.72. The van der Waals surface area contributed by atoms with Crippen molar-refractivity contribution >= 4 is 11.0 Å². The Hall–Kier alpha value is -1.81. The molecule has 0 radical (unpaired) electrons. The maximum Gasteiger partial charge on any atom is 0.336 e. The predicted molar refractivity (Wildman–Crippen MR) is 82.9 cm³/mol. The lowest BCUT2D eigenvalue weighted by Crippen LogP contribution is -2.37. The molecule has 1 aromatic carbocycles. The predicted octanol–water partition coefficient (Wildman–Crippen LogP) is 3.05. The van der Waals surface area contributed by atoms with Gasteiger partial charge >= 0.3 is 5.63 Å². The zero-order valence-electron chi connectivity index (χ0n) is 12.4. The van der Waals surface area contributed by atoms with Gasteiger partial charge in [0.2, 0.25) is 0 Å². The molecule has 2 heterocycles. The molecule has 1 aliphatic heterocycles. The van der Waals surface area contributed by atoms with E-state index >= 15 is 0 Å². The highest BCUT2D eigenvalue weighted by Gasteiger charge is 2.18. The average molecular weight is 287 g/mol. The zero-order chi connectivity index (χ0) is 14.7. The standard InChI is InChI=1S/C17H21NO3/c1-18-10-3-2-4-14(18)9-11-20-15-6-7-16-13(12-15)5-8-17(19)21-16/h5-8,12,14H,2-4,9-11H2,1H3. The summed E-state index contributed by atoms with van der Waals surface area (Å²) in [5.41, 5.74) is 0.276. The molecule has 3 rings (SSSR count). The Kier molecular flexibility index (Phi) is 4.25. The van der Waals surface area contributed by atoms with Gasteiger partial charge in [0.05, 0.1) is 6.61 Å². The smallest absolute Gasteiger partial charge is 0.336 e. The first-order valence-corrected chi connectivity index (χ1v) is 7.59. The van der Waals surface area contributed by atoms with Crippen LogP contribution in [0.5, 0.6) is 5.75 Å². The largest absolute Gasteiger partial charge is 0.494 e. The second kappa shape index (κ2) is 6.31. The Bertz CT molecular complexity index is 664. The molecule has 0 spiro atoms. The van der Waals surface area contributed by atoms with Crippen LogP contribution in [-0.2, 0) is 0 Å². The first-order valence-electron chi connectivity index (χ1n) is 7.59. The SMILES string of the molecule is CN1CCCCC1CCOc1ccc2oc(=O)ccc2c1. The lowest BCUT2D eigenvalue weighted by molar-refractivity contribution is 0.153. The maximum atomic E-state index is 11.1. The minimum atomic E-state index is -0.323. The molecule has 1 saturated heterocycles. The van der Waals surface area contributed by atoms with Gasteiger partial charge in [-0.1, -0.05) is 6.42 Å². The van der Waals surface area contributed by atoms with Crippen LogP contribution in [0.2, 0.25) is 0 Å². The van der Waals surface area contributed by atoms with E-state index in [1.807, 2.05) is 12.1 Å². The number of piperidine rings is 1. The third kappa shape index (κ3) is 3.45. The fourth-order valence-corrected chi connectivity index (χ4v) is 2.96. The number of benzene rings is 1. The molecule has 21 heavy (non-hydrogen) atoms. The quantitative estimate of drug-likeness (QED) is 0.811. The third-order valence-electron chi connectivity index (χ3n) is 4.23. The summed E-state index contributed by atoms with van der Waals surface area (Å²) in [5, 5.41) is 0.891. The van der Waals surface area contributed by atoms with Crippen molar-refractivity contribution in [2.75, 3.05) is 20.2 Å². The molecule has 1 aromatic heterocycles. The van der Waals surface area contributed by atoms with Gasteiger partial charge in [-0.25, -0.2) is 4.79 Å². The van der Waals surface area contributed by atoms with E-state index in [9.17, 15) is 4.79 Å². The van der Waals surface area contributed by atoms with Gasteiger partial charge in [0.15, 0.2) is 0 Å². The van der Waals surface area contributed by atoms with Gasteiger partial charge in [-0.2, -0.15) is 0 Å². The van der Waals surface area contributed by atoms with Gasteiger partial charge in [-0.05, 0) is 57.1 Å². The van der Waals surface area contributed by atoms with Gasteiger partial charge in [0.25, 0.3) is 0 Å². The molecule has 2 aromatic rings. The number of nitrogens with zero attached hydrogens (tertiary/aromatic N) is 1. The van der Waals surface area contributed by atoms with Gasteiger partial charge in [0, 0.05) is 17.5 Å². The molecular formula is C17H21NO3. The van der Waals surface area contributed by atoms with Crippen molar-refractivity contribution in [1.82, 2.24) is 4.90 Å². The van der Waals surface area contributed by atoms with Gasteiger partial charge in [-0.15, -0.1) is 0 Å². The highest BCUT2D eigenvalue weighted by atomic mass is 16.5. The fraction of sp³-hybridized carbons (Fsp3) is 0.471. The summed E-state index contributed by atoms with van der Waals surface area (Å²) in [5.74, 6) is 0.829. The molecule has 112 valence electrons. The fourth-order valence-electron chi connectivity index (χ4n) is 2.96. The number of likely N-dealkylation sites (tertiary alicyclic amines) is 1. The molecule has 1 aliphatic rings. The lowest BCUT2D eigenvalue weighted by Gasteiger charge is -2.32. The molecule has 4 nitrogen and oxygen atoms in total. The van der Waals surface area contributed by atoms with Crippen LogP contribution in [0.15, 0.2) is 39.5 Å². The van der Waals surface area contributed by atoms with E-state index < -0.39 is 0 Å². The van der Waals surface area contributed by atoms with Crippen LogP contribution < -0.4 is 10.4 Å². The number of rotatable bonds is 4. The van der Waals surface area contributed by atoms with Crippen LogP contribution in [0.3, 0.4) is 0 Å². The van der Waals surface area contributed by atoms with Crippen molar-refractivity contribution in [3.05, 3.63) is 40.8 Å². The van der Waals surface area contributed by atoms with E-state index in [0.29, 0.717) is 11.6 Å². The molecule has 4 heteroatoms. The number of fused-ring (bicyclic) bond motifs is 1. The Labute approximate surface area is 124 Å². The molecule has 0 saturated carbocycles. The Morgan fingerprint density at radius 3 is 3.05 bits per heavy atom. The monoisotopic (exact) mass is 287 g/mol. The van der Waals surface area contributed by atoms with Crippen molar-refractivity contribution in [3.8, 4) is 5.75 Å². The summed E-state index contributed by atoms with van der Waals surface area (Å²) in [6.07, 6.45) is 4.95. The van der Waals surface area contributed by atoms with Crippen molar-refractivity contribution in [2.45, 2.75) is 31.7 Å². The third-order valence-corrected chi connectivity index (χ3v) is 4.23. The number of hydrogen-bond donors (Lipinski definition) is 0. The molecular weight excluding hydrogens is 266 g/mol. The second-order valence-corrected chi connectivity index (χ2v) is 5.72. The van der Waals surface area contributed by atoms with Gasteiger partial charge in [-0.3, -0.25) is 0 Å². The van der Waals surface area contributed by atoms with Crippen molar-refractivity contribution in [2.24, 2.45) is 0 Å². The minimum absolute atomic E-state index is 0.323. The van der Waals surface area contributed by atoms with Crippen LogP contribution >= 0.6 is 0 Å². The Morgan fingerprint density at radius 1 is 1.29 bits per heavy atom. The highest BCUT2D eigenvalue weighted by molar-refractivity contribution is 5.77. The average Bonchev–Trinajstić information content (AvgIpc) is 2.49. The van der Waals surface area contributed by atoms with E-state index in [1.54, 1.807) is 12.1 Å². The normalized spacial score (nSPS) is 19.8. The maximum absolute atomic E-state index is 11.1. The van der Waals surface area contributed by atoms with Crippen LogP contribution in [-0.4, -0.2) is 31.1 Å². The number of hydrogen-bond acceptors (Lipinski definition) is 4. The van der Waals surface area contributed by atoms with Crippen LogP contribution in [0.1, 0.15) is 25.7 Å². The van der Waals surface area contributed by atoms with E-state index in [4.69, 9.17) is 9.15 Å². The van der Waals surface area contributed by atoms with Crippen LogP contribution in [0.4, 0.5) is 0 Å². The lowest BCUT2D eigenvalue weighted by atomic mass is 10.0. The molecule has 1 atom stereocenters. The summed E-state index contributed by atoms with van der Waals surface area (Å²) < 4.78 is 11.0. The molecule has 0 amide bonds. The molecule has 0 N–H and O–H groups in total. The first kappa shape index (κ1) is 14.1. The van der Waals surface area contributed by atoms with E-state index in [-0.39, 0.29) is 5.63 Å². The zero-order valence-corrected chi connectivity index (χ0v) is 12.4. The van der Waals surface area contributed by atoms with Crippen LogP contribution in [0, 0.1) is 0 Å². The van der Waals surface area contributed by atoms with Crippen LogP contribution in [0.25, 0.3) is 11.0 Å². The summed E-state index contributed by atoms with van der Waals surface area (Å²) >= 11 is 0. The van der Waals surface area contributed by atoms with E-state index in [0.717, 1.165) is 24.2 Å². The Morgan fingerprint density at radius 2 is 2.19 bits per heavy atom. The van der Waals surface area contributed by atoms with Gasteiger partial charge < -0.3 is 14.1 Å². The minimum Gasteiger partial charge on any atom is -0.494 e. The Balaban J connectivity index is 1.60. The van der Waals surface area contributed by atoms with Crippen molar-refractivity contribution < 1.29 is 9.15 Å². The van der Waals surface area contributed by atoms with Crippen molar-refractivity contribution in [1.29, 1.82) is 0 Å². The summed E-state index contributed by atoms with van der Waals surface area (Å²) in [6, 6.07) is 9.40. The first-order chi connectivity index (χ1) is 10.2. The molecule has 0 bridgehead atoms. The molecule has 1 unspecified atom stereocenters. The summed E-state index contributed by atoms with van der Waals surface area (Å²) in [7, 11) is 2.20. The van der Waals surface area contributed by atoms with E-state index in [1.165, 1.54) is 31.9 Å². The summed E-state index contributed by atoms with van der Waals surface area (Å²) in [6.45, 7) is 1.91. The summed E-state index contributed by atoms with van der Waals surface area (Å²) in [4.78, 5) is 13.6. The van der Waals surface area contributed by atoms with Gasteiger partial charge in [0.1, 0.15) is 11.3 Å². The van der Waals surface area contributed by atoms with Crippen molar-refractivity contribution in [3.63, 3.8) is 0 Å². The topological polar surface area (TPSA) is 42.7 Å². The van der Waals surface area contributed by atoms with E-state index in [2.05, 4.69) is 11.9 Å². The molecule has 1 fully saturated rings. The highest BCUT2D eigenvalue weighted by Crippen LogP contribution is 2.21.